The maximum Gasteiger partial charge on any atom is 0.306 e. The van der Waals surface area contributed by atoms with Crippen molar-refractivity contribution in [2.45, 2.75) is 76.0 Å². The number of carboxylic acids is 1. The Labute approximate surface area is 175 Å². The van der Waals surface area contributed by atoms with Crippen LogP contribution in [0.5, 0.6) is 0 Å². The molecular weight excluding hydrogens is 391 g/mol. The van der Waals surface area contributed by atoms with Crippen LogP contribution < -0.4 is 0 Å². The molecule has 3 unspecified atom stereocenters. The third-order valence-corrected chi connectivity index (χ3v) is 8.45. The van der Waals surface area contributed by atoms with E-state index in [-0.39, 0.29) is 12.3 Å². The van der Waals surface area contributed by atoms with Gasteiger partial charge in [0.05, 0.1) is 24.7 Å². The van der Waals surface area contributed by atoms with Crippen molar-refractivity contribution in [1.29, 1.82) is 0 Å². The molecule has 6 nitrogen and oxygen atoms in total. The van der Waals surface area contributed by atoms with Gasteiger partial charge in [0.2, 0.25) is 0 Å². The van der Waals surface area contributed by atoms with E-state index >= 15 is 4.39 Å². The summed E-state index contributed by atoms with van der Waals surface area (Å²) in [6.45, 7) is 3.66. The SMILES string of the molecule is C[C@]12C=CC(O)C=C1CC[C@H]1[C@@H]3CC=C(C(O)C(O)CC(=O)O)[C@@]3(C)C[C@H](O)[C@@]12F. The molecule has 166 valence electrons. The minimum Gasteiger partial charge on any atom is -0.481 e. The number of fused-ring (bicyclic) bond motifs is 5. The van der Waals surface area contributed by atoms with Gasteiger partial charge in [-0.1, -0.05) is 36.8 Å². The number of allylic oxidation sites excluding steroid dienone is 3. The summed E-state index contributed by atoms with van der Waals surface area (Å²) in [7, 11) is 0. The minimum absolute atomic E-state index is 0.0760. The predicted molar refractivity (Wildman–Crippen MR) is 107 cm³/mol. The lowest BCUT2D eigenvalue weighted by Gasteiger charge is -2.62. The molecule has 2 fully saturated rings. The molecule has 0 spiro atoms. The van der Waals surface area contributed by atoms with Crippen molar-refractivity contribution in [3.63, 3.8) is 0 Å². The third kappa shape index (κ3) is 2.79. The second kappa shape index (κ2) is 6.99. The van der Waals surface area contributed by atoms with E-state index in [0.717, 1.165) is 5.57 Å². The molecule has 0 aromatic carbocycles. The van der Waals surface area contributed by atoms with Crippen LogP contribution >= 0.6 is 0 Å². The molecule has 4 aliphatic rings. The molecule has 9 atom stereocenters. The summed E-state index contributed by atoms with van der Waals surface area (Å²) in [6.07, 6.45) is 3.00. The summed E-state index contributed by atoms with van der Waals surface area (Å²) in [6, 6.07) is 0. The van der Waals surface area contributed by atoms with Gasteiger partial charge in [0.15, 0.2) is 5.67 Å². The zero-order valence-electron chi connectivity index (χ0n) is 17.3. The second-order valence-corrected chi connectivity index (χ2v) is 9.91. The average molecular weight is 422 g/mol. The Bertz CT molecular complexity index is 836. The van der Waals surface area contributed by atoms with Gasteiger partial charge in [0.25, 0.3) is 0 Å². The van der Waals surface area contributed by atoms with Crippen molar-refractivity contribution in [3.05, 3.63) is 35.5 Å². The number of carboxylic acid groups (broad SMARTS) is 1. The van der Waals surface area contributed by atoms with Crippen LogP contribution in [0.2, 0.25) is 0 Å². The summed E-state index contributed by atoms with van der Waals surface area (Å²) in [5.41, 5.74) is -2.34. The Morgan fingerprint density at radius 2 is 1.97 bits per heavy atom. The topological polar surface area (TPSA) is 118 Å². The van der Waals surface area contributed by atoms with Gasteiger partial charge in [-0.3, -0.25) is 4.79 Å². The first kappa shape index (κ1) is 21.7. The van der Waals surface area contributed by atoms with Crippen molar-refractivity contribution in [2.24, 2.45) is 22.7 Å². The number of alkyl halides is 1. The van der Waals surface area contributed by atoms with Crippen LogP contribution in [0.1, 0.15) is 46.0 Å². The van der Waals surface area contributed by atoms with Gasteiger partial charge < -0.3 is 25.5 Å². The van der Waals surface area contributed by atoms with E-state index in [1.54, 1.807) is 31.2 Å². The summed E-state index contributed by atoms with van der Waals surface area (Å²) < 4.78 is 16.9. The molecule has 0 saturated heterocycles. The molecule has 7 heteroatoms. The van der Waals surface area contributed by atoms with Crippen molar-refractivity contribution < 1.29 is 34.7 Å². The molecule has 2 saturated carbocycles. The first-order valence-corrected chi connectivity index (χ1v) is 10.7. The van der Waals surface area contributed by atoms with Crippen LogP contribution in [0, 0.1) is 22.7 Å². The van der Waals surface area contributed by atoms with E-state index in [9.17, 15) is 25.2 Å². The zero-order valence-corrected chi connectivity index (χ0v) is 17.3. The Hall–Kier alpha value is -1.54. The van der Waals surface area contributed by atoms with Crippen LogP contribution in [0.3, 0.4) is 0 Å². The summed E-state index contributed by atoms with van der Waals surface area (Å²) in [4.78, 5) is 11.0. The van der Waals surface area contributed by atoms with E-state index in [1.807, 2.05) is 6.92 Å². The quantitative estimate of drug-likeness (QED) is 0.442. The fourth-order valence-electron chi connectivity index (χ4n) is 6.89. The number of hydrogen-bond donors (Lipinski definition) is 5. The zero-order chi connectivity index (χ0) is 22.1. The largest absolute Gasteiger partial charge is 0.481 e. The third-order valence-electron chi connectivity index (χ3n) is 8.45. The molecular formula is C23H31FO6. The van der Waals surface area contributed by atoms with Gasteiger partial charge in [0, 0.05) is 11.3 Å². The molecule has 0 aromatic heterocycles. The smallest absolute Gasteiger partial charge is 0.306 e. The Morgan fingerprint density at radius 1 is 1.27 bits per heavy atom. The van der Waals surface area contributed by atoms with Crippen LogP contribution in [-0.2, 0) is 4.79 Å². The van der Waals surface area contributed by atoms with Crippen molar-refractivity contribution >= 4 is 5.97 Å². The summed E-state index contributed by atoms with van der Waals surface area (Å²) in [5, 5.41) is 50.9. The number of carbonyl (C=O) groups is 1. The van der Waals surface area contributed by atoms with E-state index in [0.29, 0.717) is 24.8 Å². The highest BCUT2D eigenvalue weighted by atomic mass is 19.1. The summed E-state index contributed by atoms with van der Waals surface area (Å²) in [5.74, 6) is -1.85. The first-order chi connectivity index (χ1) is 13.9. The number of aliphatic hydroxyl groups excluding tert-OH is 4. The average Bonchev–Trinajstić information content (AvgIpc) is 2.99. The highest BCUT2D eigenvalue weighted by molar-refractivity contribution is 5.67. The van der Waals surface area contributed by atoms with Crippen LogP contribution in [0.15, 0.2) is 35.5 Å². The molecule has 4 aliphatic carbocycles. The summed E-state index contributed by atoms with van der Waals surface area (Å²) >= 11 is 0. The number of rotatable bonds is 4. The lowest BCUT2D eigenvalue weighted by Crippen LogP contribution is -2.66. The molecule has 30 heavy (non-hydrogen) atoms. The van der Waals surface area contributed by atoms with E-state index < -0.39 is 59.2 Å². The maximum atomic E-state index is 16.9. The van der Waals surface area contributed by atoms with Gasteiger partial charge in [-0.25, -0.2) is 4.39 Å². The lowest BCUT2D eigenvalue weighted by molar-refractivity contribution is -0.187. The fraction of sp³-hybridized carbons (Fsp3) is 0.696. The van der Waals surface area contributed by atoms with E-state index in [1.165, 1.54) is 0 Å². The molecule has 0 bridgehead atoms. The number of aliphatic carboxylic acids is 1. The molecule has 0 aromatic rings. The van der Waals surface area contributed by atoms with E-state index in [4.69, 9.17) is 5.11 Å². The van der Waals surface area contributed by atoms with Crippen LogP contribution in [-0.4, -0.2) is 61.6 Å². The standard InChI is InChI=1S/C23H31FO6/c1-21-11-18(27)23(24)15(4-3-12-9-13(25)7-8-22(12,23)2)14(21)5-6-16(21)20(30)17(26)10-19(28)29/h6-9,13-15,17-18,20,25-27,30H,3-5,10-11H2,1-2H3,(H,28,29)/t13?,14-,15-,17?,18-,20?,21-,22-,23-/m0/s1. The highest BCUT2D eigenvalue weighted by Gasteiger charge is 2.69. The number of hydrogen-bond acceptors (Lipinski definition) is 5. The molecule has 0 amide bonds. The Kier molecular flexibility index (Phi) is 5.05. The van der Waals surface area contributed by atoms with Crippen LogP contribution in [0.25, 0.3) is 0 Å². The Morgan fingerprint density at radius 3 is 2.63 bits per heavy atom. The fourth-order valence-corrected chi connectivity index (χ4v) is 6.89. The normalized spacial score (nSPS) is 46.8. The van der Waals surface area contributed by atoms with Crippen molar-refractivity contribution in [2.75, 3.05) is 0 Å². The number of aliphatic hydroxyl groups is 4. The monoisotopic (exact) mass is 422 g/mol. The molecule has 5 N–H and O–H groups in total. The van der Waals surface area contributed by atoms with Gasteiger partial charge in [0.1, 0.15) is 6.10 Å². The second-order valence-electron chi connectivity index (χ2n) is 9.91. The molecule has 0 heterocycles. The van der Waals surface area contributed by atoms with Gasteiger partial charge in [-0.15, -0.1) is 0 Å². The maximum absolute atomic E-state index is 16.9. The lowest BCUT2D eigenvalue weighted by atomic mass is 9.45. The van der Waals surface area contributed by atoms with Crippen molar-refractivity contribution in [1.82, 2.24) is 0 Å². The molecule has 4 rings (SSSR count). The molecule has 0 aliphatic heterocycles. The van der Waals surface area contributed by atoms with Crippen LogP contribution in [0.4, 0.5) is 4.39 Å². The number of halogens is 1. The Balaban J connectivity index is 1.68. The highest BCUT2D eigenvalue weighted by Crippen LogP contribution is 2.68. The predicted octanol–water partition coefficient (Wildman–Crippen LogP) is 1.88. The van der Waals surface area contributed by atoms with E-state index in [2.05, 4.69) is 0 Å². The van der Waals surface area contributed by atoms with Gasteiger partial charge >= 0.3 is 5.97 Å². The van der Waals surface area contributed by atoms with Gasteiger partial charge in [-0.05, 0) is 49.5 Å². The van der Waals surface area contributed by atoms with Crippen molar-refractivity contribution in [3.8, 4) is 0 Å². The first-order valence-electron chi connectivity index (χ1n) is 10.7. The minimum atomic E-state index is -1.91. The molecule has 0 radical (unpaired) electrons. The van der Waals surface area contributed by atoms with Gasteiger partial charge in [-0.2, -0.15) is 0 Å².